The fourth-order valence-electron chi connectivity index (χ4n) is 2.18. The second-order valence-corrected chi connectivity index (χ2v) is 7.57. The monoisotopic (exact) mass is 334 g/mol. The third-order valence-corrected chi connectivity index (χ3v) is 5.12. The minimum atomic E-state index is -3.20. The summed E-state index contributed by atoms with van der Waals surface area (Å²) in [5.41, 5.74) is 0.603. The Morgan fingerprint density at radius 3 is 2.67 bits per heavy atom. The number of fused-ring (bicyclic) bond motifs is 1. The Labute approximate surface area is 129 Å². The van der Waals surface area contributed by atoms with Crippen LogP contribution in [0.1, 0.15) is 24.8 Å². The van der Waals surface area contributed by atoms with Crippen molar-refractivity contribution in [2.75, 3.05) is 25.6 Å². The second-order valence-electron chi connectivity index (χ2n) is 4.98. The standard InChI is InChI=1S/C14H19ClO5S/c15-12-8-11(9-13-14(12)20-6-5-19-13)10-21(17,18)7-3-1-2-4-16/h8-9,16H,1-7,10H2. The van der Waals surface area contributed by atoms with Crippen molar-refractivity contribution < 1.29 is 23.0 Å². The number of ether oxygens (including phenoxy) is 2. The summed E-state index contributed by atoms with van der Waals surface area (Å²) < 4.78 is 35.0. The van der Waals surface area contributed by atoms with Crippen LogP contribution >= 0.6 is 11.6 Å². The summed E-state index contributed by atoms with van der Waals surface area (Å²) in [6.07, 6.45) is 1.89. The lowest BCUT2D eigenvalue weighted by Gasteiger charge is -2.20. The van der Waals surface area contributed by atoms with Gasteiger partial charge < -0.3 is 14.6 Å². The summed E-state index contributed by atoms with van der Waals surface area (Å²) in [4.78, 5) is 0. The van der Waals surface area contributed by atoms with Crippen LogP contribution in [0.4, 0.5) is 0 Å². The summed E-state index contributed by atoms with van der Waals surface area (Å²) in [7, 11) is -3.20. The number of aliphatic hydroxyl groups excluding tert-OH is 1. The van der Waals surface area contributed by atoms with E-state index in [0.29, 0.717) is 54.6 Å². The van der Waals surface area contributed by atoms with Crippen molar-refractivity contribution >= 4 is 21.4 Å². The first-order valence-corrected chi connectivity index (χ1v) is 9.11. The number of aliphatic hydroxyl groups is 1. The highest BCUT2D eigenvalue weighted by Crippen LogP contribution is 2.38. The summed E-state index contributed by atoms with van der Waals surface area (Å²) in [5.74, 6) is 1.02. The predicted molar refractivity (Wildman–Crippen MR) is 80.9 cm³/mol. The van der Waals surface area contributed by atoms with E-state index in [1.165, 1.54) is 0 Å². The normalized spacial score (nSPS) is 14.2. The lowest BCUT2D eigenvalue weighted by Crippen LogP contribution is -2.16. The van der Waals surface area contributed by atoms with Crippen LogP contribution < -0.4 is 9.47 Å². The number of halogens is 1. The molecule has 0 saturated heterocycles. The van der Waals surface area contributed by atoms with Gasteiger partial charge in [0.2, 0.25) is 0 Å². The van der Waals surface area contributed by atoms with E-state index in [4.69, 9.17) is 26.2 Å². The van der Waals surface area contributed by atoms with E-state index in [-0.39, 0.29) is 18.1 Å². The third-order valence-electron chi connectivity index (χ3n) is 3.16. The molecule has 0 fully saturated rings. The Kier molecular flexibility index (Phi) is 5.72. The highest BCUT2D eigenvalue weighted by atomic mass is 35.5. The van der Waals surface area contributed by atoms with Crippen LogP contribution in [0.3, 0.4) is 0 Å². The molecule has 2 rings (SSSR count). The number of benzene rings is 1. The largest absolute Gasteiger partial charge is 0.486 e. The van der Waals surface area contributed by atoms with Crippen LogP contribution in [0.5, 0.6) is 11.5 Å². The van der Waals surface area contributed by atoms with Crippen LogP contribution in [-0.4, -0.2) is 39.1 Å². The molecule has 0 saturated carbocycles. The summed E-state index contributed by atoms with van der Waals surface area (Å²) >= 11 is 6.09. The highest BCUT2D eigenvalue weighted by molar-refractivity contribution is 7.90. The average molecular weight is 335 g/mol. The van der Waals surface area contributed by atoms with E-state index in [1.54, 1.807) is 12.1 Å². The molecular formula is C14H19ClO5S. The summed E-state index contributed by atoms with van der Waals surface area (Å²) in [5, 5.41) is 9.06. The molecular weight excluding hydrogens is 316 g/mol. The van der Waals surface area contributed by atoms with Crippen molar-refractivity contribution in [1.82, 2.24) is 0 Å². The maximum atomic E-state index is 12.1. The number of unbranched alkanes of at least 4 members (excludes halogenated alkanes) is 2. The highest BCUT2D eigenvalue weighted by Gasteiger charge is 2.19. The molecule has 1 aromatic rings. The molecule has 1 heterocycles. The molecule has 0 unspecified atom stereocenters. The molecule has 0 radical (unpaired) electrons. The van der Waals surface area contributed by atoms with Crippen molar-refractivity contribution in [3.05, 3.63) is 22.7 Å². The van der Waals surface area contributed by atoms with Gasteiger partial charge in [0.05, 0.1) is 16.5 Å². The van der Waals surface area contributed by atoms with Crippen molar-refractivity contribution in [3.63, 3.8) is 0 Å². The summed E-state index contributed by atoms with van der Waals surface area (Å²) in [6, 6.07) is 3.28. The number of hydrogen-bond acceptors (Lipinski definition) is 5. The predicted octanol–water partition coefficient (Wildman–Crippen LogP) is 2.19. The first kappa shape index (κ1) is 16.4. The molecule has 1 aliphatic heterocycles. The first-order chi connectivity index (χ1) is 10.0. The molecule has 21 heavy (non-hydrogen) atoms. The Morgan fingerprint density at radius 1 is 1.14 bits per heavy atom. The number of hydrogen-bond donors (Lipinski definition) is 1. The smallest absolute Gasteiger partial charge is 0.179 e. The van der Waals surface area contributed by atoms with Gasteiger partial charge in [0.25, 0.3) is 0 Å². The van der Waals surface area contributed by atoms with E-state index in [1.807, 2.05) is 0 Å². The van der Waals surface area contributed by atoms with Crippen LogP contribution in [0.2, 0.25) is 5.02 Å². The van der Waals surface area contributed by atoms with Crippen LogP contribution in [0, 0.1) is 0 Å². The maximum Gasteiger partial charge on any atom is 0.179 e. The molecule has 7 heteroatoms. The van der Waals surface area contributed by atoms with Crippen molar-refractivity contribution in [1.29, 1.82) is 0 Å². The van der Waals surface area contributed by atoms with E-state index < -0.39 is 9.84 Å². The lowest BCUT2D eigenvalue weighted by molar-refractivity contribution is 0.171. The van der Waals surface area contributed by atoms with Gasteiger partial charge in [0.15, 0.2) is 21.3 Å². The minimum Gasteiger partial charge on any atom is -0.486 e. The van der Waals surface area contributed by atoms with Gasteiger partial charge in [-0.25, -0.2) is 8.42 Å². The van der Waals surface area contributed by atoms with Crippen molar-refractivity contribution in [2.45, 2.75) is 25.0 Å². The van der Waals surface area contributed by atoms with Gasteiger partial charge in [-0.05, 0) is 30.5 Å². The van der Waals surface area contributed by atoms with Gasteiger partial charge in [-0.15, -0.1) is 0 Å². The fourth-order valence-corrected chi connectivity index (χ4v) is 3.93. The molecule has 1 aromatic carbocycles. The molecule has 1 aliphatic rings. The van der Waals surface area contributed by atoms with Crippen LogP contribution in [0.25, 0.3) is 0 Å². The zero-order chi connectivity index (χ0) is 15.3. The van der Waals surface area contributed by atoms with Crippen molar-refractivity contribution in [3.8, 4) is 11.5 Å². The Balaban J connectivity index is 2.03. The first-order valence-electron chi connectivity index (χ1n) is 6.91. The second kappa shape index (κ2) is 7.33. The molecule has 0 bridgehead atoms. The van der Waals surface area contributed by atoms with Gasteiger partial charge in [-0.2, -0.15) is 0 Å². The maximum absolute atomic E-state index is 12.1. The van der Waals surface area contributed by atoms with E-state index >= 15 is 0 Å². The molecule has 0 aliphatic carbocycles. The van der Waals surface area contributed by atoms with Crippen LogP contribution in [0.15, 0.2) is 12.1 Å². The molecule has 0 amide bonds. The fraction of sp³-hybridized carbons (Fsp3) is 0.571. The topological polar surface area (TPSA) is 72.8 Å². The van der Waals surface area contributed by atoms with Gasteiger partial charge in [-0.1, -0.05) is 18.0 Å². The number of sulfone groups is 1. The van der Waals surface area contributed by atoms with E-state index in [9.17, 15) is 8.42 Å². The van der Waals surface area contributed by atoms with E-state index in [0.717, 1.165) is 0 Å². The van der Waals surface area contributed by atoms with Crippen molar-refractivity contribution in [2.24, 2.45) is 0 Å². The van der Waals surface area contributed by atoms with Crippen LogP contribution in [-0.2, 0) is 15.6 Å². The van der Waals surface area contributed by atoms with Gasteiger partial charge in [-0.3, -0.25) is 0 Å². The quantitative estimate of drug-likeness (QED) is 0.774. The Hall–Kier alpha value is -0.980. The molecule has 1 N–H and O–H groups in total. The SMILES string of the molecule is O=S(=O)(CCCCCO)Cc1cc(Cl)c2c(c1)OCCO2. The Bertz CT molecular complexity index is 585. The molecule has 5 nitrogen and oxygen atoms in total. The summed E-state index contributed by atoms with van der Waals surface area (Å²) in [6.45, 7) is 0.966. The van der Waals surface area contributed by atoms with Gasteiger partial charge in [0, 0.05) is 6.61 Å². The Morgan fingerprint density at radius 2 is 1.90 bits per heavy atom. The van der Waals surface area contributed by atoms with Gasteiger partial charge in [0.1, 0.15) is 13.2 Å². The van der Waals surface area contributed by atoms with E-state index in [2.05, 4.69) is 0 Å². The molecule has 0 spiro atoms. The molecule has 0 atom stereocenters. The number of rotatable bonds is 7. The lowest BCUT2D eigenvalue weighted by atomic mass is 10.2. The zero-order valence-corrected chi connectivity index (χ0v) is 13.3. The minimum absolute atomic E-state index is 0.0670. The third kappa shape index (κ3) is 4.76. The van der Waals surface area contributed by atoms with Gasteiger partial charge >= 0.3 is 0 Å². The molecule has 118 valence electrons. The average Bonchev–Trinajstić information content (AvgIpc) is 2.43. The zero-order valence-electron chi connectivity index (χ0n) is 11.7. The molecule has 0 aromatic heterocycles.